The molecule has 0 aromatic carbocycles. The maximum atomic E-state index is 12.0. The molecule has 20 unspecified atom stereocenters. The van der Waals surface area contributed by atoms with Crippen LogP contribution in [-0.4, -0.2) is 232 Å². The van der Waals surface area contributed by atoms with Gasteiger partial charge in [0.25, 0.3) is 7.63 Å². The van der Waals surface area contributed by atoms with Crippen LogP contribution in [0.5, 0.6) is 0 Å². The molecule has 0 aromatic rings. The number of ether oxygens (including phenoxy) is 8. The standard InChI is InChI=1S/C22H40ClNO11Si.C20H35NO11.C2H6Cl2Si.ClH/c1-9(2)17-15(27)16(28)19(20(34-17)21(29)30)35-22-13(24-11(5)25)18(32-10(3)4)14(26)12(33-22)8-31-36(6,7)23;1-7(2)15-13(25)14(26)17(18(31-15)19(27)28)32-20-11(21-9(5)23)16(29-8(3)4)12(24)10(6-22)30-20;1-5(2,3)4;/h9-10,12-20,22,26-28H,8H2,1-7H3,(H,24,25)(H,29,30);7-8,10-18,20,22,24-26H,6H2,1-5H3,(H,21,23)(H,27,28);1-2H3;1H. The predicted molar refractivity (Wildman–Crippen MR) is 273 cm³/mol. The molecular weight excluding hydrogens is 1110 g/mol. The number of carboxylic acid groups (broad SMARTS) is 2. The van der Waals surface area contributed by atoms with Crippen LogP contribution in [0.1, 0.15) is 69.2 Å². The molecule has 24 nitrogen and oxygen atoms in total. The molecule has 2 amide bonds. The number of hydrogen-bond donors (Lipinski definition) is 11. The van der Waals surface area contributed by atoms with Crippen molar-refractivity contribution in [1.29, 1.82) is 0 Å². The van der Waals surface area contributed by atoms with Gasteiger partial charge in [0.15, 0.2) is 24.8 Å². The Morgan fingerprint density at radius 1 is 0.554 bits per heavy atom. The summed E-state index contributed by atoms with van der Waals surface area (Å²) in [5, 5.41) is 98.5. The van der Waals surface area contributed by atoms with Crippen LogP contribution in [-0.2, 0) is 61.5 Å². The van der Waals surface area contributed by atoms with Gasteiger partial charge in [-0.3, -0.25) is 9.59 Å². The smallest absolute Gasteiger partial charge is 0.335 e. The van der Waals surface area contributed by atoms with Crippen molar-refractivity contribution >= 4 is 83.7 Å². The molecule has 4 aliphatic rings. The number of aliphatic hydroxyl groups excluding tert-OH is 7. The van der Waals surface area contributed by atoms with E-state index in [1.807, 2.05) is 13.1 Å². The Hall–Kier alpha value is -1.17. The second-order valence-corrected chi connectivity index (χ2v) is 35.0. The third kappa shape index (κ3) is 21.5. The van der Waals surface area contributed by atoms with Crippen molar-refractivity contribution in [1.82, 2.24) is 10.6 Å². The molecule has 20 atom stereocenters. The summed E-state index contributed by atoms with van der Waals surface area (Å²) in [5.41, 5.74) is 0. The van der Waals surface area contributed by atoms with Gasteiger partial charge in [0, 0.05) is 13.8 Å². The van der Waals surface area contributed by atoms with Gasteiger partial charge in [-0.05, 0) is 65.7 Å². The van der Waals surface area contributed by atoms with Crippen molar-refractivity contribution in [2.24, 2.45) is 11.8 Å². The number of carboxylic acids is 2. The number of aliphatic carboxylic acids is 2. The molecule has 0 aromatic heterocycles. The van der Waals surface area contributed by atoms with E-state index < -0.39 is 167 Å². The second kappa shape index (κ2) is 31.0. The van der Waals surface area contributed by atoms with E-state index in [-0.39, 0.29) is 43.1 Å². The fraction of sp³-hybridized carbons (Fsp3) is 0.909. The van der Waals surface area contributed by atoms with Gasteiger partial charge >= 0.3 is 11.9 Å². The lowest BCUT2D eigenvalue weighted by molar-refractivity contribution is -0.325. The van der Waals surface area contributed by atoms with Crippen LogP contribution < -0.4 is 10.6 Å². The SMILES string of the molecule is CC(=O)NC1C(OC2C(C(=O)O)OC(C(C)C)C(O)C2O)OC(CO)C(O)C1OC(C)C.CC(=O)NC1C(OC2C(C(=O)O)OC(C(C)C)C(O)C2O)OC(CO[Si](C)(C)Cl)C(O)C1OC(C)C.C[Si](C)(Cl)Cl.Cl. The maximum absolute atomic E-state index is 12.0. The van der Waals surface area contributed by atoms with Crippen molar-refractivity contribution in [2.75, 3.05) is 13.2 Å². The zero-order valence-corrected chi connectivity index (χ0v) is 49.2. The van der Waals surface area contributed by atoms with E-state index in [1.54, 1.807) is 68.5 Å². The summed E-state index contributed by atoms with van der Waals surface area (Å²) in [6, 6.07) is -2.21. The third-order valence-corrected chi connectivity index (χ3v) is 12.5. The van der Waals surface area contributed by atoms with Crippen molar-refractivity contribution in [2.45, 2.75) is 230 Å². The van der Waals surface area contributed by atoms with E-state index in [0.717, 1.165) is 0 Å². The molecule has 4 aliphatic heterocycles. The highest BCUT2D eigenvalue weighted by Crippen LogP contribution is 2.35. The van der Waals surface area contributed by atoms with Crippen molar-refractivity contribution in [3.05, 3.63) is 0 Å². The summed E-state index contributed by atoms with van der Waals surface area (Å²) in [6.45, 7) is 21.0. The van der Waals surface area contributed by atoms with Crippen LogP contribution in [0, 0.1) is 11.8 Å². The van der Waals surface area contributed by atoms with Gasteiger partial charge in [-0.15, -0.1) is 45.6 Å². The molecule has 0 radical (unpaired) electrons. The van der Waals surface area contributed by atoms with E-state index in [2.05, 4.69) is 10.6 Å². The highest BCUT2D eigenvalue weighted by atomic mass is 35.7. The molecule has 11 N–H and O–H groups in total. The molecular formula is C44H82Cl4N2O22Si2. The van der Waals surface area contributed by atoms with E-state index in [4.69, 9.17) is 75.6 Å². The Bertz CT molecular complexity index is 1730. The van der Waals surface area contributed by atoms with Crippen LogP contribution in [0.3, 0.4) is 0 Å². The molecule has 4 rings (SSSR count). The average Bonchev–Trinajstić information content (AvgIpc) is 3.23. The highest BCUT2D eigenvalue weighted by Gasteiger charge is 2.56. The Labute approximate surface area is 454 Å². The maximum Gasteiger partial charge on any atom is 0.335 e. The first-order valence-electron chi connectivity index (χ1n) is 24.1. The van der Waals surface area contributed by atoms with E-state index in [9.17, 15) is 65.1 Å². The van der Waals surface area contributed by atoms with Gasteiger partial charge in [-0.1, -0.05) is 27.7 Å². The number of aliphatic hydroxyl groups is 7. The van der Waals surface area contributed by atoms with Crippen LogP contribution >= 0.6 is 45.6 Å². The molecule has 0 saturated carbocycles. The zero-order valence-electron chi connectivity index (χ0n) is 44.1. The van der Waals surface area contributed by atoms with Gasteiger partial charge in [0.05, 0.1) is 37.6 Å². The molecule has 436 valence electrons. The lowest BCUT2D eigenvalue weighted by Gasteiger charge is -2.48. The number of rotatable bonds is 18. The summed E-state index contributed by atoms with van der Waals surface area (Å²) < 4.78 is 51.7. The summed E-state index contributed by atoms with van der Waals surface area (Å²) in [5.74, 6) is -4.41. The highest BCUT2D eigenvalue weighted by molar-refractivity contribution is 7.44. The molecule has 0 spiro atoms. The normalized spacial score (nSPS) is 36.7. The summed E-state index contributed by atoms with van der Waals surface area (Å²) in [4.78, 5) is 47.7. The largest absolute Gasteiger partial charge is 0.479 e. The molecule has 4 fully saturated rings. The Kier molecular flexibility index (Phi) is 29.7. The minimum absolute atomic E-state index is 0. The fourth-order valence-electron chi connectivity index (χ4n) is 8.27. The van der Waals surface area contributed by atoms with Gasteiger partial charge in [-0.2, -0.15) is 0 Å². The fourth-order valence-corrected chi connectivity index (χ4v) is 9.02. The Morgan fingerprint density at radius 3 is 1.15 bits per heavy atom. The van der Waals surface area contributed by atoms with Crippen LogP contribution in [0.25, 0.3) is 0 Å². The number of carbonyl (C=O) groups excluding carboxylic acids is 2. The zero-order chi connectivity index (χ0) is 56.4. The molecule has 4 heterocycles. The van der Waals surface area contributed by atoms with Gasteiger partial charge in [-0.25, -0.2) is 9.59 Å². The lowest BCUT2D eigenvalue weighted by atomic mass is 9.89. The first-order chi connectivity index (χ1) is 33.4. The minimum atomic E-state index is -2.54. The number of amides is 2. The van der Waals surface area contributed by atoms with Crippen molar-refractivity contribution in [3.63, 3.8) is 0 Å². The Balaban J connectivity index is 0.000000672. The van der Waals surface area contributed by atoms with Crippen LogP contribution in [0.2, 0.25) is 26.2 Å². The summed E-state index contributed by atoms with van der Waals surface area (Å²) in [6.07, 6.45) is -25.0. The van der Waals surface area contributed by atoms with Gasteiger partial charge in [0.2, 0.25) is 18.5 Å². The molecule has 0 bridgehead atoms. The first-order valence-corrected chi connectivity index (χ1v) is 33.0. The van der Waals surface area contributed by atoms with E-state index in [1.165, 1.54) is 13.8 Å². The molecule has 4 saturated heterocycles. The van der Waals surface area contributed by atoms with E-state index in [0.29, 0.717) is 0 Å². The minimum Gasteiger partial charge on any atom is -0.479 e. The number of hydrogen-bond acceptors (Lipinski definition) is 20. The van der Waals surface area contributed by atoms with Crippen LogP contribution in [0.4, 0.5) is 0 Å². The van der Waals surface area contributed by atoms with Gasteiger partial charge < -0.3 is 98.9 Å². The van der Waals surface area contributed by atoms with E-state index >= 15 is 0 Å². The summed E-state index contributed by atoms with van der Waals surface area (Å²) >= 11 is 17.1. The molecule has 30 heteroatoms. The number of halogens is 4. The summed E-state index contributed by atoms with van der Waals surface area (Å²) in [7, 11) is -2.54. The van der Waals surface area contributed by atoms with Crippen molar-refractivity contribution < 1.29 is 107 Å². The molecule has 74 heavy (non-hydrogen) atoms. The average molecular weight is 1190 g/mol. The first kappa shape index (κ1) is 70.8. The number of carbonyl (C=O) groups is 4. The predicted octanol–water partition coefficient (Wildman–Crippen LogP) is 0.508. The lowest BCUT2D eigenvalue weighted by Crippen LogP contribution is -2.69. The van der Waals surface area contributed by atoms with Crippen molar-refractivity contribution in [3.8, 4) is 0 Å². The second-order valence-electron chi connectivity index (χ2n) is 20.4. The van der Waals surface area contributed by atoms with Gasteiger partial charge in [0.1, 0.15) is 85.3 Å². The topological polar surface area (TPSA) is 357 Å². The Morgan fingerprint density at radius 2 is 0.878 bits per heavy atom. The number of nitrogens with one attached hydrogen (secondary N) is 2. The monoisotopic (exact) mass is 1190 g/mol. The third-order valence-electron chi connectivity index (χ3n) is 11.4. The quantitative estimate of drug-likeness (QED) is 0.0658. The molecule has 0 aliphatic carbocycles. The van der Waals surface area contributed by atoms with Crippen LogP contribution in [0.15, 0.2) is 0 Å².